The number of nitrogens with zero attached hydrogens (tertiary/aromatic N) is 5. The molecule has 3 saturated carbocycles. The van der Waals surface area contributed by atoms with E-state index in [2.05, 4.69) is 86.0 Å². The Bertz CT molecular complexity index is 1900. The van der Waals surface area contributed by atoms with E-state index < -0.39 is 0 Å². The number of hydrogen-bond donors (Lipinski definition) is 0. The van der Waals surface area contributed by atoms with Gasteiger partial charge in [-0.25, -0.2) is 0 Å². The largest absolute Gasteiger partial charge is 0.504 e. The van der Waals surface area contributed by atoms with Gasteiger partial charge >= 0.3 is 0 Å². The Kier molecular flexibility index (Phi) is 10.2. The Morgan fingerprint density at radius 2 is 1.45 bits per heavy atom. The van der Waals surface area contributed by atoms with Gasteiger partial charge < -0.3 is 34.0 Å². The molecular weight excluding hydrogens is 683 g/mol. The monoisotopic (exact) mass is 741 g/mol. The van der Waals surface area contributed by atoms with Crippen LogP contribution in [0.15, 0.2) is 89.8 Å². The van der Waals surface area contributed by atoms with Crippen LogP contribution in [-0.2, 0) is 16.1 Å². The number of benzene rings is 3. The van der Waals surface area contributed by atoms with E-state index in [0.29, 0.717) is 30.7 Å². The molecule has 3 heterocycles. The maximum atomic E-state index is 13.4. The second-order valence-electron chi connectivity index (χ2n) is 16.9. The Labute approximate surface area is 328 Å². The van der Waals surface area contributed by atoms with E-state index in [1.807, 2.05) is 18.4 Å². The molecule has 3 aliphatic heterocycles. The van der Waals surface area contributed by atoms with Crippen LogP contribution in [0.25, 0.3) is 0 Å². The van der Waals surface area contributed by atoms with Crippen LogP contribution >= 0.6 is 0 Å². The first-order valence-electron chi connectivity index (χ1n) is 21.1. The molecule has 6 aliphatic rings. The predicted octanol–water partition coefficient (Wildman–Crippen LogP) is 8.47. The van der Waals surface area contributed by atoms with E-state index in [4.69, 9.17) is 9.47 Å². The van der Waals surface area contributed by atoms with Gasteiger partial charge in [0.2, 0.25) is 5.91 Å². The van der Waals surface area contributed by atoms with Crippen molar-refractivity contribution in [3.63, 3.8) is 0 Å². The molecule has 3 aliphatic carbocycles. The smallest absolute Gasteiger partial charge is 0.226 e. The summed E-state index contributed by atoms with van der Waals surface area (Å²) in [5.41, 5.74) is 12.7. The SMILES string of the molecule is CO/C=C1\CCC1c1ccc(N2CCC(C(=C3CC3)N3CCN(c4ccc(N5CCC(=O)N(Cc6ccc(OC)cc6)C5C5CC5)c(C)c4)CC3)CC2)cc1. The van der Waals surface area contributed by atoms with Crippen molar-refractivity contribution in [1.82, 2.24) is 9.80 Å². The molecule has 0 spiro atoms. The molecule has 290 valence electrons. The molecule has 0 aromatic heterocycles. The van der Waals surface area contributed by atoms with Crippen LogP contribution in [0.2, 0.25) is 0 Å². The van der Waals surface area contributed by atoms with Crippen LogP contribution in [-0.4, -0.2) is 81.9 Å². The molecule has 9 rings (SSSR count). The van der Waals surface area contributed by atoms with E-state index in [9.17, 15) is 4.79 Å². The van der Waals surface area contributed by atoms with Crippen molar-refractivity contribution in [2.75, 3.05) is 74.7 Å². The third kappa shape index (κ3) is 7.53. The number of allylic oxidation sites excluding steroid dienone is 3. The van der Waals surface area contributed by atoms with Crippen molar-refractivity contribution in [1.29, 1.82) is 0 Å². The van der Waals surface area contributed by atoms with Crippen LogP contribution in [0, 0.1) is 18.8 Å². The van der Waals surface area contributed by atoms with Gasteiger partial charge in [0.15, 0.2) is 0 Å². The highest BCUT2D eigenvalue weighted by molar-refractivity contribution is 5.80. The van der Waals surface area contributed by atoms with Gasteiger partial charge in [0.1, 0.15) is 11.9 Å². The molecular formula is C47H59N5O3. The molecule has 8 heteroatoms. The number of piperidine rings is 1. The average Bonchev–Trinajstić information content (AvgIpc) is 4.15. The lowest BCUT2D eigenvalue weighted by Crippen LogP contribution is -2.57. The van der Waals surface area contributed by atoms with E-state index in [0.717, 1.165) is 63.5 Å². The standard InChI is InChI=1S/C47H59N5O3/c1-33-30-41(15-19-44(33)51-25-22-45(53)52(47(51)38-8-9-38)31-34-4-16-42(55-3)17-5-34)49-26-28-50(29-27-49)46(36-6-7-36)37-20-23-48(24-21-37)40-13-10-35(11-14-40)43-18-12-39(43)32-54-2/h4-5,10-11,13-17,19,30,32,37-38,43,47H,6-9,12,18,20-29,31H2,1-3H3/b39-32+. The molecule has 3 aromatic carbocycles. The number of rotatable bonds is 11. The number of aryl methyl sites for hydroxylation is 1. The van der Waals surface area contributed by atoms with Crippen molar-refractivity contribution < 1.29 is 14.3 Å². The molecule has 0 radical (unpaired) electrons. The van der Waals surface area contributed by atoms with Gasteiger partial charge in [0.05, 0.1) is 20.5 Å². The van der Waals surface area contributed by atoms with Crippen molar-refractivity contribution in [3.05, 3.63) is 107 Å². The third-order valence-corrected chi connectivity index (χ3v) is 13.4. The number of piperazine rings is 1. The molecule has 3 aromatic rings. The number of methoxy groups -OCH3 is 2. The second-order valence-corrected chi connectivity index (χ2v) is 16.9. The maximum Gasteiger partial charge on any atom is 0.226 e. The van der Waals surface area contributed by atoms with E-state index in [1.165, 1.54) is 78.7 Å². The zero-order valence-corrected chi connectivity index (χ0v) is 33.2. The van der Waals surface area contributed by atoms with Gasteiger partial charge in [-0.15, -0.1) is 0 Å². The first kappa shape index (κ1) is 36.1. The Hall–Kier alpha value is -4.59. The molecule has 0 N–H and O–H groups in total. The molecule has 8 nitrogen and oxygen atoms in total. The molecule has 6 fully saturated rings. The number of amides is 1. The zero-order chi connectivity index (χ0) is 37.5. The highest BCUT2D eigenvalue weighted by atomic mass is 16.5. The lowest BCUT2D eigenvalue weighted by Gasteiger charge is -2.46. The quantitative estimate of drug-likeness (QED) is 0.183. The lowest BCUT2D eigenvalue weighted by molar-refractivity contribution is -0.136. The van der Waals surface area contributed by atoms with E-state index >= 15 is 0 Å². The van der Waals surface area contributed by atoms with Crippen LogP contribution in [0.1, 0.15) is 80.4 Å². The fourth-order valence-electron chi connectivity index (χ4n) is 9.99. The van der Waals surface area contributed by atoms with Crippen LogP contribution in [0.5, 0.6) is 5.75 Å². The maximum absolute atomic E-state index is 13.4. The summed E-state index contributed by atoms with van der Waals surface area (Å²) in [4.78, 5) is 26.1. The highest BCUT2D eigenvalue weighted by Gasteiger charge is 2.44. The summed E-state index contributed by atoms with van der Waals surface area (Å²) in [5.74, 6) is 2.86. The second kappa shape index (κ2) is 15.5. The first-order valence-corrected chi connectivity index (χ1v) is 21.1. The van der Waals surface area contributed by atoms with Gasteiger partial charge in [-0.05, 0) is 129 Å². The lowest BCUT2D eigenvalue weighted by atomic mass is 9.75. The fourth-order valence-corrected chi connectivity index (χ4v) is 9.99. The number of ether oxygens (including phenoxy) is 2. The molecule has 55 heavy (non-hydrogen) atoms. The summed E-state index contributed by atoms with van der Waals surface area (Å²) in [6.45, 7) is 10.3. The Morgan fingerprint density at radius 3 is 2.07 bits per heavy atom. The summed E-state index contributed by atoms with van der Waals surface area (Å²) < 4.78 is 10.7. The van der Waals surface area contributed by atoms with Crippen LogP contribution < -0.4 is 19.4 Å². The minimum Gasteiger partial charge on any atom is -0.504 e. The molecule has 0 bridgehead atoms. The normalized spacial score (nSPS) is 24.0. The number of hydrogen-bond acceptors (Lipinski definition) is 7. The van der Waals surface area contributed by atoms with Gasteiger partial charge in [-0.1, -0.05) is 29.8 Å². The molecule has 1 amide bonds. The van der Waals surface area contributed by atoms with E-state index in [1.54, 1.807) is 25.5 Å². The fraction of sp³-hybridized carbons (Fsp3) is 0.511. The summed E-state index contributed by atoms with van der Waals surface area (Å²) in [5, 5.41) is 0. The number of anilines is 3. The minimum absolute atomic E-state index is 0.113. The van der Waals surface area contributed by atoms with E-state index in [-0.39, 0.29) is 12.1 Å². The molecule has 2 unspecified atom stereocenters. The van der Waals surface area contributed by atoms with Crippen LogP contribution in [0.4, 0.5) is 17.1 Å². The topological polar surface area (TPSA) is 51.7 Å². The summed E-state index contributed by atoms with van der Waals surface area (Å²) in [6, 6.07) is 24.7. The highest BCUT2D eigenvalue weighted by Crippen LogP contribution is 2.45. The van der Waals surface area contributed by atoms with Crippen molar-refractivity contribution in [2.45, 2.75) is 83.3 Å². The molecule has 2 atom stereocenters. The average molecular weight is 742 g/mol. The van der Waals surface area contributed by atoms with Crippen molar-refractivity contribution >= 4 is 23.0 Å². The van der Waals surface area contributed by atoms with Crippen LogP contribution in [0.3, 0.4) is 0 Å². The van der Waals surface area contributed by atoms with Gasteiger partial charge in [-0.3, -0.25) is 4.79 Å². The first-order chi connectivity index (χ1) is 27.0. The Morgan fingerprint density at radius 1 is 0.745 bits per heavy atom. The van der Waals surface area contributed by atoms with Crippen molar-refractivity contribution in [2.24, 2.45) is 11.8 Å². The van der Waals surface area contributed by atoms with Gasteiger partial charge in [-0.2, -0.15) is 0 Å². The molecule has 3 saturated heterocycles. The summed E-state index contributed by atoms with van der Waals surface area (Å²) >= 11 is 0. The minimum atomic E-state index is 0.113. The Balaban J connectivity index is 0.814. The zero-order valence-electron chi connectivity index (χ0n) is 33.2. The summed E-state index contributed by atoms with van der Waals surface area (Å²) in [7, 11) is 3.45. The predicted molar refractivity (Wildman–Crippen MR) is 222 cm³/mol. The van der Waals surface area contributed by atoms with Gasteiger partial charge in [0.25, 0.3) is 0 Å². The summed E-state index contributed by atoms with van der Waals surface area (Å²) in [6.07, 6.45) is 12.4. The third-order valence-electron chi connectivity index (χ3n) is 13.4. The number of carbonyl (C=O) groups is 1. The van der Waals surface area contributed by atoms with Gasteiger partial charge in [0, 0.05) is 93.4 Å². The number of carbonyl (C=O) groups excluding carboxylic acids is 1. The van der Waals surface area contributed by atoms with Crippen molar-refractivity contribution in [3.8, 4) is 5.75 Å².